The lowest BCUT2D eigenvalue weighted by atomic mass is 9.87. The van der Waals surface area contributed by atoms with Crippen molar-refractivity contribution in [1.29, 1.82) is 0 Å². The number of anilines is 1. The first kappa shape index (κ1) is 26.2. The van der Waals surface area contributed by atoms with Gasteiger partial charge in [0.25, 0.3) is 0 Å². The quantitative estimate of drug-likeness (QED) is 0.453. The number of amides is 1. The number of carbonyl (C=O) groups is 1. The van der Waals surface area contributed by atoms with Crippen LogP contribution in [0, 0.1) is 6.92 Å². The summed E-state index contributed by atoms with van der Waals surface area (Å²) >= 11 is 3.43. The minimum atomic E-state index is -3.44. The maximum atomic E-state index is 12.2. The third-order valence-electron chi connectivity index (χ3n) is 5.01. The average molecular weight is 526 g/mol. The molecule has 0 unspecified atom stereocenters. The molecule has 2 rings (SSSR count). The number of halogens is 1. The number of hydrogen-bond acceptors (Lipinski definition) is 4. The van der Waals surface area contributed by atoms with Crippen LogP contribution in [0.3, 0.4) is 0 Å². The van der Waals surface area contributed by atoms with Gasteiger partial charge in [0.05, 0.1) is 18.5 Å². The highest BCUT2D eigenvalue weighted by atomic mass is 79.9. The molecular formula is C24H33BrN2O4S. The molecule has 176 valence electrons. The van der Waals surface area contributed by atoms with E-state index in [9.17, 15) is 13.2 Å². The normalized spacial score (nSPS) is 11.8. The molecule has 6 nitrogen and oxygen atoms in total. The van der Waals surface area contributed by atoms with Crippen molar-refractivity contribution in [1.82, 2.24) is 5.32 Å². The number of nitrogens with zero attached hydrogens (tertiary/aromatic N) is 1. The van der Waals surface area contributed by atoms with Crippen LogP contribution < -0.4 is 14.4 Å². The predicted octanol–water partition coefficient (Wildman–Crippen LogP) is 4.80. The fourth-order valence-electron chi connectivity index (χ4n) is 3.15. The molecule has 0 aliphatic rings. The highest BCUT2D eigenvalue weighted by molar-refractivity contribution is 9.10. The summed E-state index contributed by atoms with van der Waals surface area (Å²) < 4.78 is 32.4. The second-order valence-electron chi connectivity index (χ2n) is 8.84. The molecule has 0 fully saturated rings. The Balaban J connectivity index is 1.76. The van der Waals surface area contributed by atoms with Crippen LogP contribution in [0.4, 0.5) is 5.69 Å². The van der Waals surface area contributed by atoms with Gasteiger partial charge in [-0.1, -0.05) is 48.8 Å². The maximum Gasteiger partial charge on any atom is 0.232 e. The summed E-state index contributed by atoms with van der Waals surface area (Å²) in [6.45, 7) is 9.39. The lowest BCUT2D eigenvalue weighted by molar-refractivity contribution is -0.121. The van der Waals surface area contributed by atoms with Crippen LogP contribution in [0.15, 0.2) is 46.9 Å². The molecule has 2 aromatic carbocycles. The van der Waals surface area contributed by atoms with Crippen molar-refractivity contribution in [2.24, 2.45) is 0 Å². The summed E-state index contributed by atoms with van der Waals surface area (Å²) in [4.78, 5) is 12.1. The average Bonchev–Trinajstić information content (AvgIpc) is 2.69. The molecule has 0 bridgehead atoms. The van der Waals surface area contributed by atoms with Crippen molar-refractivity contribution in [2.45, 2.75) is 46.0 Å². The Bertz CT molecular complexity index is 1020. The molecule has 0 aliphatic carbocycles. The van der Waals surface area contributed by atoms with E-state index < -0.39 is 10.0 Å². The Morgan fingerprint density at radius 2 is 1.78 bits per heavy atom. The predicted molar refractivity (Wildman–Crippen MR) is 134 cm³/mol. The fourth-order valence-corrected chi connectivity index (χ4v) is 4.36. The molecule has 0 saturated heterocycles. The second kappa shape index (κ2) is 11.2. The van der Waals surface area contributed by atoms with Crippen molar-refractivity contribution >= 4 is 37.5 Å². The van der Waals surface area contributed by atoms with E-state index in [0.717, 1.165) is 15.8 Å². The van der Waals surface area contributed by atoms with Gasteiger partial charge in [0.1, 0.15) is 12.4 Å². The summed E-state index contributed by atoms with van der Waals surface area (Å²) in [6, 6.07) is 13.4. The third kappa shape index (κ3) is 8.13. The van der Waals surface area contributed by atoms with Crippen molar-refractivity contribution in [3.05, 3.63) is 58.1 Å². The fraction of sp³-hybridized carbons (Fsp3) is 0.458. The number of sulfonamides is 1. The zero-order valence-corrected chi connectivity index (χ0v) is 21.8. The van der Waals surface area contributed by atoms with E-state index in [1.807, 2.05) is 43.3 Å². The van der Waals surface area contributed by atoms with Crippen molar-refractivity contribution in [3.8, 4) is 5.75 Å². The standard InChI is InChI=1S/C24H33BrN2O4S/c1-18-17-20(10-13-22(18)25)27(32(5,29)30)15-6-7-23(28)26-14-16-31-21-11-8-19(9-12-21)24(2,3)4/h8-13,17H,6-7,14-16H2,1-5H3,(H,26,28). The first-order valence-corrected chi connectivity index (χ1v) is 13.3. The van der Waals surface area contributed by atoms with E-state index in [2.05, 4.69) is 42.0 Å². The molecule has 0 aliphatic heterocycles. The smallest absolute Gasteiger partial charge is 0.232 e. The number of ether oxygens (including phenoxy) is 1. The summed E-state index contributed by atoms with van der Waals surface area (Å²) in [5, 5.41) is 2.82. The molecule has 8 heteroatoms. The molecule has 32 heavy (non-hydrogen) atoms. The van der Waals surface area contributed by atoms with Crippen molar-refractivity contribution < 1.29 is 17.9 Å². The van der Waals surface area contributed by atoms with Gasteiger partial charge < -0.3 is 10.1 Å². The zero-order chi connectivity index (χ0) is 23.9. The van der Waals surface area contributed by atoms with Gasteiger partial charge in [-0.05, 0) is 60.2 Å². The molecule has 0 radical (unpaired) electrons. The Morgan fingerprint density at radius 3 is 2.34 bits per heavy atom. The van der Waals surface area contributed by atoms with Crippen LogP contribution in [0.25, 0.3) is 0 Å². The van der Waals surface area contributed by atoms with E-state index in [1.54, 1.807) is 6.07 Å². The summed E-state index contributed by atoms with van der Waals surface area (Å²) in [6.07, 6.45) is 1.83. The Labute approximate surface area is 200 Å². The topological polar surface area (TPSA) is 75.7 Å². The summed E-state index contributed by atoms with van der Waals surface area (Å²) in [7, 11) is -3.44. The van der Waals surface area contributed by atoms with Crippen molar-refractivity contribution in [3.63, 3.8) is 0 Å². The van der Waals surface area contributed by atoms with Gasteiger partial charge in [-0.3, -0.25) is 9.10 Å². The number of aryl methyl sites for hydroxylation is 1. The number of carbonyl (C=O) groups excluding carboxylic acids is 1. The number of benzene rings is 2. The highest BCUT2D eigenvalue weighted by Gasteiger charge is 2.18. The van der Waals surface area contributed by atoms with E-state index >= 15 is 0 Å². The van der Waals surface area contributed by atoms with E-state index in [4.69, 9.17) is 4.74 Å². The van der Waals surface area contributed by atoms with Gasteiger partial charge in [-0.25, -0.2) is 8.42 Å². The number of rotatable bonds is 10. The second-order valence-corrected chi connectivity index (χ2v) is 11.6. The Morgan fingerprint density at radius 1 is 1.12 bits per heavy atom. The van der Waals surface area contributed by atoms with E-state index in [1.165, 1.54) is 16.1 Å². The lowest BCUT2D eigenvalue weighted by Gasteiger charge is -2.23. The van der Waals surface area contributed by atoms with Crippen LogP contribution in [0.2, 0.25) is 0 Å². The molecule has 0 heterocycles. The molecule has 0 aromatic heterocycles. The molecule has 0 atom stereocenters. The number of hydrogen-bond donors (Lipinski definition) is 1. The zero-order valence-electron chi connectivity index (χ0n) is 19.4. The van der Waals surface area contributed by atoms with Crippen LogP contribution in [0.5, 0.6) is 5.75 Å². The van der Waals surface area contributed by atoms with Crippen LogP contribution in [-0.4, -0.2) is 40.3 Å². The van der Waals surface area contributed by atoms with Gasteiger partial charge in [-0.2, -0.15) is 0 Å². The molecule has 1 amide bonds. The highest BCUT2D eigenvalue weighted by Crippen LogP contribution is 2.25. The lowest BCUT2D eigenvalue weighted by Crippen LogP contribution is -2.33. The third-order valence-corrected chi connectivity index (χ3v) is 7.09. The molecular weight excluding hydrogens is 492 g/mol. The van der Waals surface area contributed by atoms with Gasteiger partial charge in [0.15, 0.2) is 0 Å². The van der Waals surface area contributed by atoms with Crippen LogP contribution >= 0.6 is 15.9 Å². The monoisotopic (exact) mass is 524 g/mol. The van der Waals surface area contributed by atoms with Crippen molar-refractivity contribution in [2.75, 3.05) is 30.3 Å². The SMILES string of the molecule is Cc1cc(N(CCCC(=O)NCCOc2ccc(C(C)(C)C)cc2)S(C)(=O)=O)ccc1Br. The van der Waals surface area contributed by atoms with E-state index in [0.29, 0.717) is 25.3 Å². The van der Waals surface area contributed by atoms with Gasteiger partial charge in [0.2, 0.25) is 15.9 Å². The summed E-state index contributed by atoms with van der Waals surface area (Å²) in [5.74, 6) is 0.637. The molecule has 0 spiro atoms. The van der Waals surface area contributed by atoms with Gasteiger partial charge in [0, 0.05) is 17.4 Å². The largest absolute Gasteiger partial charge is 0.492 e. The Hall–Kier alpha value is -2.06. The maximum absolute atomic E-state index is 12.2. The van der Waals surface area contributed by atoms with E-state index in [-0.39, 0.29) is 24.3 Å². The van der Waals surface area contributed by atoms with Crippen LogP contribution in [0.1, 0.15) is 44.7 Å². The molecule has 0 saturated carbocycles. The first-order chi connectivity index (χ1) is 14.9. The van der Waals surface area contributed by atoms with Crippen LogP contribution in [-0.2, 0) is 20.2 Å². The minimum absolute atomic E-state index is 0.0926. The summed E-state index contributed by atoms with van der Waals surface area (Å²) in [5.41, 5.74) is 2.87. The number of nitrogens with one attached hydrogen (secondary N) is 1. The molecule has 2 aromatic rings. The molecule has 1 N–H and O–H groups in total. The van der Waals surface area contributed by atoms with Gasteiger partial charge >= 0.3 is 0 Å². The Kier molecular flexibility index (Phi) is 9.16. The first-order valence-electron chi connectivity index (χ1n) is 10.6. The van der Waals surface area contributed by atoms with Gasteiger partial charge in [-0.15, -0.1) is 0 Å². The minimum Gasteiger partial charge on any atom is -0.492 e.